The highest BCUT2D eigenvalue weighted by Crippen LogP contribution is 2.37. The molecule has 50 heavy (non-hydrogen) atoms. The minimum atomic E-state index is -2.69. The van der Waals surface area contributed by atoms with E-state index in [-0.39, 0.29) is 44.7 Å². The second-order valence-corrected chi connectivity index (χ2v) is 13.8. The molecule has 0 saturated heterocycles. The van der Waals surface area contributed by atoms with Crippen LogP contribution in [0.4, 0.5) is 0 Å². The summed E-state index contributed by atoms with van der Waals surface area (Å²) in [5.41, 5.74) is 4.67. The van der Waals surface area contributed by atoms with Gasteiger partial charge in [-0.05, 0) is 90.4 Å². The minimum absolute atomic E-state index is 0. The van der Waals surface area contributed by atoms with Crippen LogP contribution in [0.25, 0.3) is 50.0 Å². The maximum atomic E-state index is 8.11. The largest absolute Gasteiger partial charge is 1.00 e. The lowest BCUT2D eigenvalue weighted by atomic mass is 9.88. The lowest BCUT2D eigenvalue weighted by Crippen LogP contribution is -3.00. The first-order chi connectivity index (χ1) is 26.0. The summed E-state index contributed by atoms with van der Waals surface area (Å²) in [4.78, 5) is 4.79. The molecule has 0 aliphatic carbocycles. The zero-order valence-electron chi connectivity index (χ0n) is 33.4. The average Bonchev–Trinajstić information content (AvgIpc) is 3.66. The summed E-state index contributed by atoms with van der Waals surface area (Å²) in [6.45, 7) is 1.18. The Bertz CT molecular complexity index is 2760. The molecule has 0 unspecified atom stereocenters. The van der Waals surface area contributed by atoms with Crippen molar-refractivity contribution in [2.24, 2.45) is 0 Å². The summed E-state index contributed by atoms with van der Waals surface area (Å²) in [5.74, 6) is 2.02. The number of halogens is 3. The van der Waals surface area contributed by atoms with Gasteiger partial charge in [-0.1, -0.05) is 86.4 Å². The number of pyridine rings is 1. The number of hydrogen-bond acceptors (Lipinski definition) is 2. The molecular weight excluding hydrogens is 683 g/mol. The molecule has 3 heterocycles. The van der Waals surface area contributed by atoms with E-state index in [9.17, 15) is 0 Å². The number of para-hydroxylation sites is 3. The highest BCUT2D eigenvalue weighted by Gasteiger charge is 2.25. The lowest BCUT2D eigenvalue weighted by Gasteiger charge is -2.20. The number of hydrogen-bond donors (Lipinski definition) is 0. The number of imidazole rings is 1. The first-order valence-corrected chi connectivity index (χ1v) is 16.6. The second-order valence-electron chi connectivity index (χ2n) is 13.1. The minimum Gasteiger partial charge on any atom is -1.00 e. The fourth-order valence-corrected chi connectivity index (χ4v) is 6.96. The topological polar surface area (TPSA) is 35.9 Å². The number of benzene rings is 5. The second kappa shape index (κ2) is 12.8. The molecule has 0 aliphatic rings. The molecule has 0 aliphatic heterocycles. The molecule has 5 nitrogen and oxygen atoms in total. The molecule has 8 rings (SSSR count). The third kappa shape index (κ3) is 5.69. The van der Waals surface area contributed by atoms with E-state index in [1.165, 1.54) is 5.56 Å². The van der Waals surface area contributed by atoms with Crippen LogP contribution in [-0.2, 0) is 5.41 Å². The predicted molar refractivity (Wildman–Crippen MR) is 202 cm³/mol. The SMILES string of the molecule is [2H]C([2H])([2H])c1cc(C([2H])([2H])[2H])c(Cl)c(-[n+]2cn(-c3cccc(Oc4ccc5c6ccccc6n(-c6cc(C(C)(C)C)ccn6)c5c4)c3)c3ccccc32)c1Cl.[Cl-]. The molecule has 0 amide bonds. The van der Waals surface area contributed by atoms with Crippen LogP contribution in [0.15, 0.2) is 122 Å². The van der Waals surface area contributed by atoms with Crippen molar-refractivity contribution in [1.29, 1.82) is 0 Å². The van der Waals surface area contributed by atoms with Crippen molar-refractivity contribution in [2.45, 2.75) is 39.9 Å². The first kappa shape index (κ1) is 27.0. The predicted octanol–water partition coefficient (Wildman–Crippen LogP) is 8.42. The van der Waals surface area contributed by atoms with Crippen molar-refractivity contribution >= 4 is 56.0 Å². The van der Waals surface area contributed by atoms with Gasteiger partial charge in [-0.25, -0.2) is 4.98 Å². The van der Waals surface area contributed by atoms with Gasteiger partial charge in [0.05, 0.1) is 21.1 Å². The molecule has 0 saturated carbocycles. The average molecular weight is 724 g/mol. The Morgan fingerprint density at radius 1 is 0.720 bits per heavy atom. The normalized spacial score (nSPS) is 14.0. The van der Waals surface area contributed by atoms with E-state index in [0.29, 0.717) is 17.0 Å². The fourth-order valence-electron chi connectivity index (χ4n) is 6.43. The third-order valence-electron chi connectivity index (χ3n) is 8.87. The number of rotatable bonds is 5. The number of fused-ring (bicyclic) bond motifs is 4. The maximum absolute atomic E-state index is 8.11. The molecule has 0 fully saturated rings. The van der Waals surface area contributed by atoms with Crippen LogP contribution in [0.5, 0.6) is 11.5 Å². The van der Waals surface area contributed by atoms with Gasteiger partial charge in [0.15, 0.2) is 16.7 Å². The molecule has 3 aromatic heterocycles. The summed E-state index contributed by atoms with van der Waals surface area (Å²) in [5, 5.41) is 1.87. The van der Waals surface area contributed by atoms with Crippen LogP contribution in [0.3, 0.4) is 0 Å². The molecule has 0 atom stereocenters. The molecule has 0 bridgehead atoms. The molecule has 0 N–H and O–H groups in total. The van der Waals surface area contributed by atoms with Crippen molar-refractivity contribution in [3.8, 4) is 28.7 Å². The molecule has 8 aromatic rings. The first-order valence-electron chi connectivity index (χ1n) is 18.8. The highest BCUT2D eigenvalue weighted by atomic mass is 35.5. The van der Waals surface area contributed by atoms with Crippen LogP contribution < -0.4 is 21.7 Å². The van der Waals surface area contributed by atoms with E-state index < -0.39 is 13.7 Å². The third-order valence-corrected chi connectivity index (χ3v) is 9.63. The highest BCUT2D eigenvalue weighted by molar-refractivity contribution is 6.38. The van der Waals surface area contributed by atoms with Gasteiger partial charge in [-0.15, -0.1) is 0 Å². The smallest absolute Gasteiger partial charge is 0.255 e. The van der Waals surface area contributed by atoms with Crippen molar-refractivity contribution < 1.29 is 29.9 Å². The fraction of sp³-hybridized carbons (Fsp3) is 0.143. The number of aryl methyl sites for hydroxylation is 2. The van der Waals surface area contributed by atoms with Crippen molar-refractivity contribution in [1.82, 2.24) is 14.1 Å². The summed E-state index contributed by atoms with van der Waals surface area (Å²) in [7, 11) is 0. The zero-order valence-corrected chi connectivity index (χ0v) is 29.6. The Balaban J connectivity index is 0.00000480. The van der Waals surface area contributed by atoms with Crippen LogP contribution in [0.2, 0.25) is 10.0 Å². The molecule has 0 spiro atoms. The van der Waals surface area contributed by atoms with Gasteiger partial charge in [0.1, 0.15) is 23.0 Å². The quantitative estimate of drug-likeness (QED) is 0.167. The van der Waals surface area contributed by atoms with Crippen LogP contribution in [-0.4, -0.2) is 14.1 Å². The monoisotopic (exact) mass is 722 g/mol. The molecule has 0 radical (unpaired) electrons. The van der Waals surface area contributed by atoms with Gasteiger partial charge in [-0.2, -0.15) is 9.13 Å². The van der Waals surface area contributed by atoms with Gasteiger partial charge < -0.3 is 17.1 Å². The number of nitrogens with zero attached hydrogens (tertiary/aromatic N) is 4. The van der Waals surface area contributed by atoms with E-state index in [4.69, 9.17) is 41.1 Å². The summed E-state index contributed by atoms with van der Waals surface area (Å²) in [6, 6.07) is 34.6. The van der Waals surface area contributed by atoms with Gasteiger partial charge in [0.2, 0.25) is 0 Å². The van der Waals surface area contributed by atoms with E-state index in [0.717, 1.165) is 44.9 Å². The van der Waals surface area contributed by atoms with Gasteiger partial charge in [0, 0.05) is 37.3 Å². The Labute approximate surface area is 316 Å². The Hall–Kier alpha value is -4.81. The summed E-state index contributed by atoms with van der Waals surface area (Å²) in [6.07, 6.45) is 3.57. The molecular formula is C42H35Cl3N4O. The standard InChI is InChI=1S/C42H35Cl2N4O.ClH/c1-26-21-27(2)40(44)41(39(26)43)47-25-46(35-15-8-9-16-36(35)47)29-11-10-12-30(23-29)49-31-17-18-33-32-13-6-7-14-34(32)48(37(33)24-31)38-22-28(19-20-45-38)42(3,4)5;/h6-25H,1-5H3;1H/q+1;/p-1/i1D3,2D3;. The number of ether oxygens (including phenoxy) is 1. The molecule has 8 heteroatoms. The summed E-state index contributed by atoms with van der Waals surface area (Å²) < 4.78 is 60.9. The molecule has 5 aromatic carbocycles. The van der Waals surface area contributed by atoms with Gasteiger partial charge >= 0.3 is 0 Å². The van der Waals surface area contributed by atoms with Crippen molar-refractivity contribution in [3.05, 3.63) is 148 Å². The van der Waals surface area contributed by atoms with Gasteiger partial charge in [0.25, 0.3) is 6.33 Å². The molecule has 250 valence electrons. The van der Waals surface area contributed by atoms with E-state index in [1.54, 1.807) is 10.9 Å². The van der Waals surface area contributed by atoms with E-state index >= 15 is 0 Å². The summed E-state index contributed by atoms with van der Waals surface area (Å²) >= 11 is 13.6. The Morgan fingerprint density at radius 3 is 2.18 bits per heavy atom. The maximum Gasteiger partial charge on any atom is 0.255 e. The zero-order chi connectivity index (χ0) is 39.0. The van der Waals surface area contributed by atoms with Crippen LogP contribution >= 0.6 is 23.2 Å². The van der Waals surface area contributed by atoms with E-state index in [2.05, 4.69) is 55.7 Å². The van der Waals surface area contributed by atoms with Crippen LogP contribution in [0, 0.1) is 13.7 Å². The van der Waals surface area contributed by atoms with Crippen molar-refractivity contribution in [2.75, 3.05) is 0 Å². The van der Waals surface area contributed by atoms with Crippen molar-refractivity contribution in [3.63, 3.8) is 0 Å². The van der Waals surface area contributed by atoms with Gasteiger partial charge in [-0.3, -0.25) is 4.57 Å². The Kier molecular flexibility index (Phi) is 6.92. The number of aromatic nitrogens is 4. The van der Waals surface area contributed by atoms with Crippen LogP contribution in [0.1, 0.15) is 45.7 Å². The lowest BCUT2D eigenvalue weighted by molar-refractivity contribution is -0.567. The Morgan fingerprint density at radius 2 is 1.42 bits per heavy atom. The van der Waals surface area contributed by atoms with E-state index in [1.807, 2.05) is 83.6 Å².